The molecule has 192 valence electrons. The fraction of sp³-hybridized carbons (Fsp3) is 0.846. The van der Waals surface area contributed by atoms with E-state index in [1.54, 1.807) is 35.5 Å². The van der Waals surface area contributed by atoms with E-state index in [4.69, 9.17) is 28.4 Å². The molecule has 2 aliphatic rings. The van der Waals surface area contributed by atoms with Crippen LogP contribution in [-0.4, -0.2) is 83.6 Å². The van der Waals surface area contributed by atoms with Crippen LogP contribution in [0.15, 0.2) is 23.8 Å². The van der Waals surface area contributed by atoms with Gasteiger partial charge in [0.2, 0.25) is 0 Å². The lowest BCUT2D eigenvalue weighted by Gasteiger charge is -2.44. The number of rotatable bonds is 13. The first kappa shape index (κ1) is 28.4. The minimum absolute atomic E-state index is 0.0562. The van der Waals surface area contributed by atoms with Gasteiger partial charge in [-0.2, -0.15) is 0 Å². The van der Waals surface area contributed by atoms with E-state index in [9.17, 15) is 5.11 Å². The molecular weight excluding hydrogens is 424 g/mol. The van der Waals surface area contributed by atoms with Gasteiger partial charge in [-0.25, -0.2) is 0 Å². The summed E-state index contributed by atoms with van der Waals surface area (Å²) in [7, 11) is 8.27. The van der Waals surface area contributed by atoms with Crippen LogP contribution in [0.2, 0.25) is 0 Å². The van der Waals surface area contributed by atoms with Crippen molar-refractivity contribution < 1.29 is 33.5 Å². The lowest BCUT2D eigenvalue weighted by molar-refractivity contribution is -0.295. The molecule has 0 aromatic carbocycles. The Morgan fingerprint density at radius 1 is 0.970 bits per heavy atom. The number of ether oxygens (including phenoxy) is 6. The monoisotopic (exact) mass is 470 g/mol. The van der Waals surface area contributed by atoms with Crippen LogP contribution in [-0.2, 0) is 28.4 Å². The van der Waals surface area contributed by atoms with Gasteiger partial charge in [0.05, 0.1) is 12.2 Å². The quantitative estimate of drug-likeness (QED) is 0.412. The van der Waals surface area contributed by atoms with Crippen LogP contribution in [0, 0.1) is 23.7 Å². The summed E-state index contributed by atoms with van der Waals surface area (Å²) >= 11 is 0. The van der Waals surface area contributed by atoms with Crippen molar-refractivity contribution in [1.29, 1.82) is 0 Å². The molecule has 11 atom stereocenters. The maximum absolute atomic E-state index is 10.9. The normalized spacial score (nSPS) is 36.5. The second-order valence-corrected chi connectivity index (χ2v) is 9.51. The Balaban J connectivity index is 2.02. The summed E-state index contributed by atoms with van der Waals surface area (Å²) in [6, 6.07) is 0. The molecule has 1 saturated heterocycles. The number of allylic oxidation sites excluding steroid dienone is 2. The summed E-state index contributed by atoms with van der Waals surface area (Å²) in [5.74, 6) is 1.39. The van der Waals surface area contributed by atoms with Gasteiger partial charge in [-0.05, 0) is 43.1 Å². The number of hydrogen-bond donors (Lipinski definition) is 1. The Morgan fingerprint density at radius 2 is 1.61 bits per heavy atom. The van der Waals surface area contributed by atoms with Crippen molar-refractivity contribution in [2.45, 2.75) is 83.5 Å². The van der Waals surface area contributed by atoms with Crippen LogP contribution in [0.25, 0.3) is 0 Å². The van der Waals surface area contributed by atoms with Crippen molar-refractivity contribution in [3.05, 3.63) is 23.8 Å². The summed E-state index contributed by atoms with van der Waals surface area (Å²) in [4.78, 5) is 0. The predicted molar refractivity (Wildman–Crippen MR) is 128 cm³/mol. The van der Waals surface area contributed by atoms with E-state index in [0.717, 1.165) is 18.4 Å². The Hall–Kier alpha value is -0.800. The third kappa shape index (κ3) is 6.66. The molecular formula is C26H46O7. The van der Waals surface area contributed by atoms with Crippen LogP contribution in [0.4, 0.5) is 0 Å². The molecule has 0 aromatic heterocycles. The molecule has 1 saturated carbocycles. The van der Waals surface area contributed by atoms with Gasteiger partial charge < -0.3 is 33.5 Å². The van der Waals surface area contributed by atoms with Crippen molar-refractivity contribution in [2.75, 3.05) is 35.5 Å². The highest BCUT2D eigenvalue weighted by Gasteiger charge is 2.49. The van der Waals surface area contributed by atoms with Crippen molar-refractivity contribution in [3.8, 4) is 0 Å². The molecule has 33 heavy (non-hydrogen) atoms. The molecule has 0 bridgehead atoms. The molecule has 7 heteroatoms. The molecule has 1 aliphatic heterocycles. The molecule has 0 aromatic rings. The van der Waals surface area contributed by atoms with Gasteiger partial charge in [-0.1, -0.05) is 39.0 Å². The second kappa shape index (κ2) is 13.3. The fourth-order valence-electron chi connectivity index (χ4n) is 5.38. The third-order valence-corrected chi connectivity index (χ3v) is 7.60. The largest absolute Gasteiger partial charge is 0.392 e. The van der Waals surface area contributed by atoms with E-state index in [1.165, 1.54) is 0 Å². The molecule has 7 nitrogen and oxygen atoms in total. The highest BCUT2D eigenvalue weighted by Crippen LogP contribution is 2.49. The molecule has 0 amide bonds. The third-order valence-electron chi connectivity index (χ3n) is 7.60. The smallest absolute Gasteiger partial charge is 0.186 e. The Labute approximate surface area is 200 Å². The number of aliphatic hydroxyl groups excluding tert-OH is 1. The summed E-state index contributed by atoms with van der Waals surface area (Å²) in [6.07, 6.45) is 6.10. The zero-order chi connectivity index (χ0) is 24.7. The maximum Gasteiger partial charge on any atom is 0.186 e. The molecule has 1 heterocycles. The van der Waals surface area contributed by atoms with E-state index in [0.29, 0.717) is 17.8 Å². The number of hydrogen-bond acceptors (Lipinski definition) is 7. The Kier molecular flexibility index (Phi) is 11.5. The lowest BCUT2D eigenvalue weighted by Crippen LogP contribution is -2.60. The standard InChI is InChI=1S/C26H46O7/c1-10-20(28-5)17(4)18-14-19(18)21(27)15(2)12-11-13-16(3)22-23(29-6)24(30-7)25(31-8)26(32-9)33-22/h11-13,15,17-27H,10,14H2,1-9H3/b12-11+,16-13+/t15-,17+,18-,19+,20+,21-,22-,23-,24+,25-,26+/m1/s1. The minimum atomic E-state index is -0.558. The average molecular weight is 471 g/mol. The lowest BCUT2D eigenvalue weighted by atomic mass is 9.91. The highest BCUT2D eigenvalue weighted by molar-refractivity contribution is 5.19. The minimum Gasteiger partial charge on any atom is -0.392 e. The van der Waals surface area contributed by atoms with E-state index >= 15 is 0 Å². The van der Waals surface area contributed by atoms with E-state index < -0.39 is 6.29 Å². The molecule has 2 rings (SSSR count). The topological polar surface area (TPSA) is 75.6 Å². The van der Waals surface area contributed by atoms with E-state index in [-0.39, 0.29) is 42.5 Å². The number of methoxy groups -OCH3 is 5. The predicted octanol–water partition coefficient (Wildman–Crippen LogP) is 3.60. The number of aliphatic hydroxyl groups is 1. The van der Waals surface area contributed by atoms with Gasteiger partial charge in [0.15, 0.2) is 6.29 Å². The van der Waals surface area contributed by atoms with Crippen molar-refractivity contribution >= 4 is 0 Å². The van der Waals surface area contributed by atoms with Gasteiger partial charge in [0.25, 0.3) is 0 Å². The second-order valence-electron chi connectivity index (χ2n) is 9.51. The fourth-order valence-corrected chi connectivity index (χ4v) is 5.38. The van der Waals surface area contributed by atoms with E-state index in [1.807, 2.05) is 19.1 Å². The zero-order valence-corrected chi connectivity index (χ0v) is 21.9. The zero-order valence-electron chi connectivity index (χ0n) is 21.9. The van der Waals surface area contributed by atoms with Gasteiger partial charge in [-0.3, -0.25) is 0 Å². The highest BCUT2D eigenvalue weighted by atomic mass is 16.7. The van der Waals surface area contributed by atoms with E-state index in [2.05, 4.69) is 26.8 Å². The van der Waals surface area contributed by atoms with Gasteiger partial charge in [-0.15, -0.1) is 0 Å². The summed E-state index contributed by atoms with van der Waals surface area (Å²) in [5.41, 5.74) is 0.988. The first-order chi connectivity index (χ1) is 15.8. The molecule has 0 unspecified atom stereocenters. The van der Waals surface area contributed by atoms with Crippen LogP contribution in [0.5, 0.6) is 0 Å². The van der Waals surface area contributed by atoms with Crippen LogP contribution >= 0.6 is 0 Å². The molecule has 0 radical (unpaired) electrons. The summed E-state index contributed by atoms with van der Waals surface area (Å²) < 4.78 is 34.2. The molecule has 0 spiro atoms. The first-order valence-electron chi connectivity index (χ1n) is 12.1. The van der Waals surface area contributed by atoms with Gasteiger partial charge in [0.1, 0.15) is 24.4 Å². The van der Waals surface area contributed by atoms with Crippen molar-refractivity contribution in [3.63, 3.8) is 0 Å². The maximum atomic E-state index is 10.9. The SMILES string of the molecule is CC[C@H](OC)[C@@H](C)[C@H]1C[C@@H]1[C@H](O)[C@H](C)/C=C/C=C(\C)[C@H]1O[C@H](OC)[C@H](OC)[C@@H](OC)[C@@H]1OC. The van der Waals surface area contributed by atoms with Crippen LogP contribution < -0.4 is 0 Å². The average Bonchev–Trinajstić information content (AvgIpc) is 3.63. The Morgan fingerprint density at radius 3 is 2.12 bits per heavy atom. The summed E-state index contributed by atoms with van der Waals surface area (Å²) in [6.45, 7) is 8.47. The molecule has 1 aliphatic carbocycles. The molecule has 2 fully saturated rings. The van der Waals surface area contributed by atoms with Crippen molar-refractivity contribution in [1.82, 2.24) is 0 Å². The van der Waals surface area contributed by atoms with Crippen LogP contribution in [0.3, 0.4) is 0 Å². The summed E-state index contributed by atoms with van der Waals surface area (Å²) in [5, 5.41) is 10.9. The Bertz CT molecular complexity index is 632. The van der Waals surface area contributed by atoms with Gasteiger partial charge in [0, 0.05) is 41.5 Å². The van der Waals surface area contributed by atoms with Gasteiger partial charge >= 0.3 is 0 Å². The van der Waals surface area contributed by atoms with Crippen LogP contribution in [0.1, 0.15) is 40.5 Å². The first-order valence-corrected chi connectivity index (χ1v) is 12.1. The molecule has 1 N–H and O–H groups in total. The van der Waals surface area contributed by atoms with Crippen molar-refractivity contribution in [2.24, 2.45) is 23.7 Å².